The van der Waals surface area contributed by atoms with Crippen LogP contribution in [0.15, 0.2) is 73.3 Å². The molecular weight excluding hydrogens is 274 g/mol. The first-order valence-electron chi connectivity index (χ1n) is 7.11. The van der Waals surface area contributed by atoms with Crippen LogP contribution in [0.4, 0.5) is 0 Å². The van der Waals surface area contributed by atoms with Gasteiger partial charge in [-0.3, -0.25) is 4.79 Å². The van der Waals surface area contributed by atoms with Gasteiger partial charge in [-0.05, 0) is 29.3 Å². The van der Waals surface area contributed by atoms with E-state index in [1.165, 1.54) is 6.08 Å². The predicted molar refractivity (Wildman–Crippen MR) is 89.5 cm³/mol. The maximum absolute atomic E-state index is 11.4. The molecule has 3 heteroatoms. The third-order valence-corrected chi connectivity index (χ3v) is 2.98. The Morgan fingerprint density at radius 2 is 1.82 bits per heavy atom. The second-order valence-corrected chi connectivity index (χ2v) is 4.71. The Bertz CT molecular complexity index is 630. The summed E-state index contributed by atoms with van der Waals surface area (Å²) in [5.41, 5.74) is 2.08. The number of hydrogen-bond donors (Lipinski definition) is 1. The fourth-order valence-electron chi connectivity index (χ4n) is 1.82. The van der Waals surface area contributed by atoms with Crippen molar-refractivity contribution < 1.29 is 9.53 Å². The minimum absolute atomic E-state index is 0.135. The van der Waals surface area contributed by atoms with Gasteiger partial charge in [0, 0.05) is 12.6 Å². The van der Waals surface area contributed by atoms with Crippen LogP contribution in [0.25, 0.3) is 6.08 Å². The molecule has 112 valence electrons. The molecule has 1 N–H and O–H groups in total. The van der Waals surface area contributed by atoms with Gasteiger partial charge in [-0.2, -0.15) is 0 Å². The second-order valence-electron chi connectivity index (χ2n) is 4.71. The van der Waals surface area contributed by atoms with E-state index in [-0.39, 0.29) is 5.91 Å². The van der Waals surface area contributed by atoms with E-state index in [9.17, 15) is 4.79 Å². The molecule has 0 aromatic heterocycles. The molecule has 0 radical (unpaired) electrons. The molecule has 2 rings (SSSR count). The summed E-state index contributed by atoms with van der Waals surface area (Å²) in [4.78, 5) is 11.4. The van der Waals surface area contributed by atoms with Crippen LogP contribution in [0.5, 0.6) is 5.75 Å². The molecule has 0 fully saturated rings. The van der Waals surface area contributed by atoms with Gasteiger partial charge in [-0.1, -0.05) is 48.5 Å². The Morgan fingerprint density at radius 1 is 1.09 bits per heavy atom. The number of ether oxygens (including phenoxy) is 1. The lowest BCUT2D eigenvalue weighted by molar-refractivity contribution is -0.116. The van der Waals surface area contributed by atoms with Crippen molar-refractivity contribution in [3.05, 3.63) is 84.5 Å². The maximum Gasteiger partial charge on any atom is 0.244 e. The lowest BCUT2D eigenvalue weighted by Gasteiger charge is -2.06. The van der Waals surface area contributed by atoms with Gasteiger partial charge in [0.15, 0.2) is 0 Å². The summed E-state index contributed by atoms with van der Waals surface area (Å²) >= 11 is 0. The maximum atomic E-state index is 11.4. The lowest BCUT2D eigenvalue weighted by Crippen LogP contribution is -2.20. The van der Waals surface area contributed by atoms with Gasteiger partial charge in [0.2, 0.25) is 5.91 Å². The number of amides is 1. The van der Waals surface area contributed by atoms with E-state index in [0.29, 0.717) is 13.2 Å². The Kier molecular flexibility index (Phi) is 6.00. The molecule has 0 aliphatic rings. The number of rotatable bonds is 7. The van der Waals surface area contributed by atoms with Gasteiger partial charge >= 0.3 is 0 Å². The summed E-state index contributed by atoms with van der Waals surface area (Å²) in [7, 11) is 0. The van der Waals surface area contributed by atoms with Crippen LogP contribution in [0.1, 0.15) is 11.1 Å². The SMILES string of the molecule is C=CCNC(=O)/C=C/c1ccc(OCc2ccccc2)cc1. The highest BCUT2D eigenvalue weighted by Gasteiger charge is 1.96. The van der Waals surface area contributed by atoms with Crippen LogP contribution in [0.2, 0.25) is 0 Å². The third-order valence-electron chi connectivity index (χ3n) is 2.98. The third kappa shape index (κ3) is 5.29. The standard InChI is InChI=1S/C19H19NO2/c1-2-14-20-19(21)13-10-16-8-11-18(12-9-16)22-15-17-6-4-3-5-7-17/h2-13H,1,14-15H2,(H,20,21)/b13-10+. The molecule has 0 saturated heterocycles. The number of benzene rings is 2. The topological polar surface area (TPSA) is 38.3 Å². The van der Waals surface area contributed by atoms with Crippen molar-refractivity contribution in [2.45, 2.75) is 6.61 Å². The van der Waals surface area contributed by atoms with Crippen LogP contribution in [0.3, 0.4) is 0 Å². The van der Waals surface area contributed by atoms with Crippen LogP contribution in [-0.2, 0) is 11.4 Å². The van der Waals surface area contributed by atoms with Crippen molar-refractivity contribution in [1.29, 1.82) is 0 Å². The molecule has 0 heterocycles. The summed E-state index contributed by atoms with van der Waals surface area (Å²) in [5, 5.41) is 2.68. The molecule has 22 heavy (non-hydrogen) atoms. The summed E-state index contributed by atoms with van der Waals surface area (Å²) in [6, 6.07) is 17.6. The lowest BCUT2D eigenvalue weighted by atomic mass is 10.2. The largest absolute Gasteiger partial charge is 0.489 e. The molecule has 2 aromatic rings. The zero-order valence-electron chi connectivity index (χ0n) is 12.4. The fraction of sp³-hybridized carbons (Fsp3) is 0.105. The van der Waals surface area contributed by atoms with E-state index < -0.39 is 0 Å². The van der Waals surface area contributed by atoms with Gasteiger partial charge < -0.3 is 10.1 Å². The van der Waals surface area contributed by atoms with E-state index in [2.05, 4.69) is 11.9 Å². The molecule has 3 nitrogen and oxygen atoms in total. The van der Waals surface area contributed by atoms with Crippen molar-refractivity contribution >= 4 is 12.0 Å². The van der Waals surface area contributed by atoms with Crippen LogP contribution >= 0.6 is 0 Å². The first-order chi connectivity index (χ1) is 10.8. The zero-order valence-corrected chi connectivity index (χ0v) is 12.4. The molecule has 0 unspecified atom stereocenters. The Balaban J connectivity index is 1.86. The van der Waals surface area contributed by atoms with Crippen molar-refractivity contribution in [2.75, 3.05) is 6.54 Å². The zero-order chi connectivity index (χ0) is 15.6. The normalized spacial score (nSPS) is 10.4. The predicted octanol–water partition coefficient (Wildman–Crippen LogP) is 3.58. The Labute approximate surface area is 130 Å². The summed E-state index contributed by atoms with van der Waals surface area (Å²) in [6.45, 7) is 4.56. The van der Waals surface area contributed by atoms with Gasteiger partial charge in [0.1, 0.15) is 12.4 Å². The molecule has 0 atom stereocenters. The van der Waals surface area contributed by atoms with Crippen molar-refractivity contribution in [3.8, 4) is 5.75 Å². The number of nitrogens with one attached hydrogen (secondary N) is 1. The van der Waals surface area contributed by atoms with Crippen LogP contribution < -0.4 is 10.1 Å². The minimum atomic E-state index is -0.135. The van der Waals surface area contributed by atoms with Gasteiger partial charge in [0.25, 0.3) is 0 Å². The van der Waals surface area contributed by atoms with Crippen molar-refractivity contribution in [1.82, 2.24) is 5.32 Å². The second kappa shape index (κ2) is 8.47. The van der Waals surface area contributed by atoms with Gasteiger partial charge in [0.05, 0.1) is 0 Å². The highest BCUT2D eigenvalue weighted by Crippen LogP contribution is 2.15. The molecule has 1 amide bonds. The van der Waals surface area contributed by atoms with Gasteiger partial charge in [-0.15, -0.1) is 6.58 Å². The Hall–Kier alpha value is -2.81. The summed E-state index contributed by atoms with van der Waals surface area (Å²) in [5.74, 6) is 0.668. The quantitative estimate of drug-likeness (QED) is 0.626. The fourth-order valence-corrected chi connectivity index (χ4v) is 1.82. The molecular formula is C19H19NO2. The average molecular weight is 293 g/mol. The van der Waals surface area contributed by atoms with E-state index in [4.69, 9.17) is 4.74 Å². The Morgan fingerprint density at radius 3 is 2.50 bits per heavy atom. The molecule has 0 aliphatic heterocycles. The molecule has 0 aliphatic carbocycles. The van der Waals surface area contributed by atoms with Crippen molar-refractivity contribution in [3.63, 3.8) is 0 Å². The van der Waals surface area contributed by atoms with E-state index in [0.717, 1.165) is 16.9 Å². The highest BCUT2D eigenvalue weighted by atomic mass is 16.5. The molecule has 2 aromatic carbocycles. The van der Waals surface area contributed by atoms with Crippen molar-refractivity contribution in [2.24, 2.45) is 0 Å². The smallest absolute Gasteiger partial charge is 0.244 e. The van der Waals surface area contributed by atoms with E-state index >= 15 is 0 Å². The first-order valence-corrected chi connectivity index (χ1v) is 7.11. The van der Waals surface area contributed by atoms with Crippen LogP contribution in [-0.4, -0.2) is 12.5 Å². The van der Waals surface area contributed by atoms with E-state index in [1.54, 1.807) is 12.2 Å². The monoisotopic (exact) mass is 293 g/mol. The number of carbonyl (C=O) groups excluding carboxylic acids is 1. The molecule has 0 spiro atoms. The summed E-state index contributed by atoms with van der Waals surface area (Å²) in [6.07, 6.45) is 4.91. The molecule has 0 saturated carbocycles. The first kappa shape index (κ1) is 15.6. The summed E-state index contributed by atoms with van der Waals surface area (Å²) < 4.78 is 5.71. The molecule has 0 bridgehead atoms. The highest BCUT2D eigenvalue weighted by molar-refractivity contribution is 5.91. The van der Waals surface area contributed by atoms with E-state index in [1.807, 2.05) is 54.6 Å². The number of hydrogen-bond acceptors (Lipinski definition) is 2. The average Bonchev–Trinajstić information content (AvgIpc) is 2.58. The van der Waals surface area contributed by atoms with Gasteiger partial charge in [-0.25, -0.2) is 0 Å². The van der Waals surface area contributed by atoms with Crippen LogP contribution in [0, 0.1) is 0 Å². The minimum Gasteiger partial charge on any atom is -0.489 e. The number of carbonyl (C=O) groups is 1.